The summed E-state index contributed by atoms with van der Waals surface area (Å²) in [6, 6.07) is 0.674. The Balaban J connectivity index is 2.16. The average molecular weight is 226 g/mol. The Hall–Kier alpha value is -0.610. The lowest BCUT2D eigenvalue weighted by Gasteiger charge is -2.34. The molecule has 0 aromatic carbocycles. The van der Waals surface area contributed by atoms with E-state index in [9.17, 15) is 5.11 Å². The normalized spacial score (nSPS) is 16.5. The first-order valence-corrected chi connectivity index (χ1v) is 6.40. The molecule has 0 aliphatic heterocycles. The highest BCUT2D eigenvalue weighted by Crippen LogP contribution is 2.32. The Bertz CT molecular complexity index is 312. The topological polar surface area (TPSA) is 36.4 Å². The van der Waals surface area contributed by atoms with Crippen molar-refractivity contribution in [3.05, 3.63) is 10.6 Å². The van der Waals surface area contributed by atoms with Gasteiger partial charge in [0.1, 0.15) is 0 Å². The summed E-state index contributed by atoms with van der Waals surface area (Å²) in [6.07, 6.45) is 4.82. The van der Waals surface area contributed by atoms with Crippen molar-refractivity contribution in [2.75, 3.05) is 11.9 Å². The molecule has 0 radical (unpaired) electrons. The third-order valence-corrected chi connectivity index (χ3v) is 4.34. The van der Waals surface area contributed by atoms with Crippen molar-refractivity contribution in [2.45, 2.75) is 45.3 Å². The molecular formula is C11H18N2OS. The minimum absolute atomic E-state index is 0.124. The van der Waals surface area contributed by atoms with Crippen LogP contribution in [0.25, 0.3) is 0 Å². The van der Waals surface area contributed by atoms with Crippen molar-refractivity contribution in [1.82, 2.24) is 4.98 Å². The molecule has 1 N–H and O–H groups in total. The Labute approximate surface area is 94.8 Å². The second kappa shape index (κ2) is 4.49. The first kappa shape index (κ1) is 10.9. The molecule has 1 heterocycles. The molecule has 1 aromatic heterocycles. The van der Waals surface area contributed by atoms with E-state index in [-0.39, 0.29) is 6.61 Å². The van der Waals surface area contributed by atoms with Gasteiger partial charge in [0.05, 0.1) is 17.2 Å². The van der Waals surface area contributed by atoms with E-state index in [1.807, 2.05) is 0 Å². The highest BCUT2D eigenvalue weighted by Gasteiger charge is 2.24. The van der Waals surface area contributed by atoms with Gasteiger partial charge in [-0.2, -0.15) is 0 Å². The van der Waals surface area contributed by atoms with Crippen molar-refractivity contribution in [2.24, 2.45) is 0 Å². The quantitative estimate of drug-likeness (QED) is 0.855. The van der Waals surface area contributed by atoms with Crippen LogP contribution < -0.4 is 4.90 Å². The fraction of sp³-hybridized carbons (Fsp3) is 0.727. The van der Waals surface area contributed by atoms with Crippen molar-refractivity contribution in [1.29, 1.82) is 0 Å². The Morgan fingerprint density at radius 2 is 2.27 bits per heavy atom. The molecule has 1 aromatic rings. The van der Waals surface area contributed by atoms with Crippen LogP contribution in [0.4, 0.5) is 5.13 Å². The van der Waals surface area contributed by atoms with Crippen molar-refractivity contribution in [3.63, 3.8) is 0 Å². The van der Waals surface area contributed by atoms with Crippen LogP contribution >= 0.6 is 11.3 Å². The first-order valence-electron chi connectivity index (χ1n) is 5.58. The summed E-state index contributed by atoms with van der Waals surface area (Å²) in [5.74, 6) is 0. The summed E-state index contributed by atoms with van der Waals surface area (Å²) < 4.78 is 0. The average Bonchev–Trinajstić information content (AvgIpc) is 2.57. The van der Waals surface area contributed by atoms with Gasteiger partial charge in [0.25, 0.3) is 0 Å². The Kier molecular flexibility index (Phi) is 3.26. The highest BCUT2D eigenvalue weighted by molar-refractivity contribution is 7.15. The molecule has 1 aliphatic carbocycles. The lowest BCUT2D eigenvalue weighted by atomic mass is 9.92. The molecule has 0 unspecified atom stereocenters. The smallest absolute Gasteiger partial charge is 0.185 e. The summed E-state index contributed by atoms with van der Waals surface area (Å²) in [7, 11) is 2.11. The number of thiazole rings is 1. The highest BCUT2D eigenvalue weighted by atomic mass is 32.1. The standard InChI is InChI=1S/C11H18N2OS/c1-3-9-10(7-14)15-11(12-9)13(2)8-5-4-6-8/h8,14H,3-7H2,1-2H3. The maximum Gasteiger partial charge on any atom is 0.185 e. The molecule has 2 rings (SSSR count). The van der Waals surface area contributed by atoms with Crippen LogP contribution in [0.2, 0.25) is 0 Å². The van der Waals surface area contributed by atoms with Crippen LogP contribution in [-0.2, 0) is 13.0 Å². The second-order valence-corrected chi connectivity index (χ2v) is 5.14. The molecule has 1 aliphatic rings. The molecule has 0 spiro atoms. The molecule has 0 bridgehead atoms. The van der Waals surface area contributed by atoms with E-state index < -0.39 is 0 Å². The number of aromatic nitrogens is 1. The van der Waals surface area contributed by atoms with Crippen LogP contribution in [0.5, 0.6) is 0 Å². The lowest BCUT2D eigenvalue weighted by molar-refractivity contribution is 0.284. The van der Waals surface area contributed by atoms with E-state index in [1.54, 1.807) is 11.3 Å². The summed E-state index contributed by atoms with van der Waals surface area (Å²) in [5.41, 5.74) is 1.06. The summed E-state index contributed by atoms with van der Waals surface area (Å²) in [4.78, 5) is 7.88. The molecule has 1 fully saturated rings. The van der Waals surface area contributed by atoms with Gasteiger partial charge in [0, 0.05) is 13.1 Å². The number of anilines is 1. The molecule has 0 atom stereocenters. The van der Waals surface area contributed by atoms with Gasteiger partial charge in [-0.05, 0) is 25.7 Å². The molecule has 3 nitrogen and oxygen atoms in total. The third kappa shape index (κ3) is 2.01. The maximum absolute atomic E-state index is 9.21. The van der Waals surface area contributed by atoms with E-state index in [4.69, 9.17) is 0 Å². The van der Waals surface area contributed by atoms with Gasteiger partial charge < -0.3 is 10.0 Å². The van der Waals surface area contributed by atoms with Crippen molar-refractivity contribution < 1.29 is 5.11 Å². The van der Waals surface area contributed by atoms with E-state index in [1.165, 1.54) is 19.3 Å². The van der Waals surface area contributed by atoms with Gasteiger partial charge in [-0.15, -0.1) is 0 Å². The van der Waals surface area contributed by atoms with Crippen LogP contribution in [0.15, 0.2) is 0 Å². The van der Waals surface area contributed by atoms with Crippen LogP contribution in [0, 0.1) is 0 Å². The van der Waals surface area contributed by atoms with Gasteiger partial charge in [0.2, 0.25) is 0 Å². The largest absolute Gasteiger partial charge is 0.391 e. The Morgan fingerprint density at radius 3 is 2.67 bits per heavy atom. The number of hydrogen-bond acceptors (Lipinski definition) is 4. The van der Waals surface area contributed by atoms with E-state index in [2.05, 4.69) is 23.9 Å². The van der Waals surface area contributed by atoms with E-state index in [0.29, 0.717) is 6.04 Å². The van der Waals surface area contributed by atoms with E-state index in [0.717, 1.165) is 22.1 Å². The second-order valence-electron chi connectivity index (χ2n) is 4.07. The minimum atomic E-state index is 0.124. The Morgan fingerprint density at radius 1 is 1.53 bits per heavy atom. The minimum Gasteiger partial charge on any atom is -0.391 e. The van der Waals surface area contributed by atoms with Crippen LogP contribution in [-0.4, -0.2) is 23.2 Å². The molecule has 4 heteroatoms. The number of hydrogen-bond donors (Lipinski definition) is 1. The zero-order valence-corrected chi connectivity index (χ0v) is 10.2. The van der Waals surface area contributed by atoms with Crippen molar-refractivity contribution in [3.8, 4) is 0 Å². The van der Waals surface area contributed by atoms with E-state index >= 15 is 0 Å². The van der Waals surface area contributed by atoms with Gasteiger partial charge in [-0.25, -0.2) is 4.98 Å². The fourth-order valence-electron chi connectivity index (χ4n) is 1.85. The van der Waals surface area contributed by atoms with Crippen LogP contribution in [0.1, 0.15) is 36.8 Å². The summed E-state index contributed by atoms with van der Waals surface area (Å²) >= 11 is 1.63. The number of aryl methyl sites for hydroxylation is 1. The number of rotatable bonds is 4. The zero-order valence-electron chi connectivity index (χ0n) is 9.36. The molecular weight excluding hydrogens is 208 g/mol. The molecule has 84 valence electrons. The van der Waals surface area contributed by atoms with Gasteiger partial charge >= 0.3 is 0 Å². The lowest BCUT2D eigenvalue weighted by Crippen LogP contribution is -2.37. The summed E-state index contributed by atoms with van der Waals surface area (Å²) in [6.45, 7) is 2.21. The zero-order chi connectivity index (χ0) is 10.8. The van der Waals surface area contributed by atoms with Gasteiger partial charge in [-0.1, -0.05) is 18.3 Å². The molecule has 1 saturated carbocycles. The monoisotopic (exact) mass is 226 g/mol. The number of aliphatic hydroxyl groups is 1. The number of aliphatic hydroxyl groups excluding tert-OH is 1. The molecule has 0 saturated heterocycles. The first-order chi connectivity index (χ1) is 7.26. The van der Waals surface area contributed by atoms with Crippen molar-refractivity contribution >= 4 is 16.5 Å². The van der Waals surface area contributed by atoms with Gasteiger partial charge in [-0.3, -0.25) is 0 Å². The predicted molar refractivity (Wildman–Crippen MR) is 63.5 cm³/mol. The molecule has 15 heavy (non-hydrogen) atoms. The summed E-state index contributed by atoms with van der Waals surface area (Å²) in [5, 5.41) is 10.3. The predicted octanol–water partition coefficient (Wildman–Crippen LogP) is 2.19. The third-order valence-electron chi connectivity index (χ3n) is 3.17. The maximum atomic E-state index is 9.21. The SMILES string of the molecule is CCc1nc(N(C)C2CCC2)sc1CO. The van der Waals surface area contributed by atoms with Gasteiger partial charge in [0.15, 0.2) is 5.13 Å². The number of nitrogens with zero attached hydrogens (tertiary/aromatic N) is 2. The fourth-order valence-corrected chi connectivity index (χ4v) is 2.89. The van der Waals surface area contributed by atoms with Crippen LogP contribution in [0.3, 0.4) is 0 Å². The molecule has 0 amide bonds.